The third kappa shape index (κ3) is 2.07. The highest BCUT2D eigenvalue weighted by Crippen LogP contribution is 2.35. The van der Waals surface area contributed by atoms with Gasteiger partial charge in [-0.2, -0.15) is 4.98 Å². The van der Waals surface area contributed by atoms with Crippen LogP contribution < -0.4 is 0 Å². The van der Waals surface area contributed by atoms with Gasteiger partial charge in [0.15, 0.2) is 11.5 Å². The van der Waals surface area contributed by atoms with Gasteiger partial charge in [-0.1, -0.05) is 17.3 Å². The summed E-state index contributed by atoms with van der Waals surface area (Å²) in [5.74, 6) is -0.0843. The molecule has 0 aliphatic carbocycles. The van der Waals surface area contributed by atoms with Gasteiger partial charge in [-0.25, -0.2) is 4.98 Å². The molecule has 6 heteroatoms. The van der Waals surface area contributed by atoms with Crippen LogP contribution in [0.2, 0.25) is 0 Å². The predicted molar refractivity (Wildman–Crippen MR) is 71.0 cm³/mol. The van der Waals surface area contributed by atoms with Gasteiger partial charge in [-0.05, 0) is 31.2 Å². The second-order valence-corrected chi connectivity index (χ2v) is 4.26. The molecule has 0 spiro atoms. The zero-order valence-corrected chi connectivity index (χ0v) is 10.6. The van der Waals surface area contributed by atoms with Crippen molar-refractivity contribution in [1.82, 2.24) is 15.1 Å². The fourth-order valence-corrected chi connectivity index (χ4v) is 1.81. The van der Waals surface area contributed by atoms with Crippen molar-refractivity contribution >= 4 is 0 Å². The Morgan fingerprint density at radius 1 is 1.00 bits per heavy atom. The summed E-state index contributed by atoms with van der Waals surface area (Å²) >= 11 is 0. The molecule has 0 unspecified atom stereocenters. The first-order valence-corrected chi connectivity index (χ1v) is 5.94. The molecule has 0 fully saturated rings. The van der Waals surface area contributed by atoms with Crippen molar-refractivity contribution in [3.05, 3.63) is 42.1 Å². The fraction of sp³-hybridized carbons (Fsp3) is 0.0714. The summed E-state index contributed by atoms with van der Waals surface area (Å²) in [6, 6.07) is 10.0. The minimum atomic E-state index is -0.292. The van der Waals surface area contributed by atoms with Gasteiger partial charge in [-0.3, -0.25) is 0 Å². The predicted octanol–water partition coefficient (Wildman–Crippen LogP) is 2.52. The summed E-state index contributed by atoms with van der Waals surface area (Å²) in [5, 5.41) is 23.1. The molecule has 2 aromatic heterocycles. The van der Waals surface area contributed by atoms with Crippen molar-refractivity contribution in [3.63, 3.8) is 0 Å². The third-order valence-corrected chi connectivity index (χ3v) is 2.79. The molecule has 1 aromatic carbocycles. The lowest BCUT2D eigenvalue weighted by atomic mass is 10.2. The highest BCUT2D eigenvalue weighted by Gasteiger charge is 2.16. The molecule has 2 N–H and O–H groups in total. The number of phenolic OH excluding ortho intramolecular Hbond substituents is 2. The lowest BCUT2D eigenvalue weighted by Crippen LogP contribution is -1.88. The van der Waals surface area contributed by atoms with Crippen molar-refractivity contribution in [1.29, 1.82) is 0 Å². The molecule has 100 valence electrons. The SMILES string of the molecule is Cc1cccc(-c2noc(-c3cccc(O)c3O)n2)n1. The summed E-state index contributed by atoms with van der Waals surface area (Å²) in [6.07, 6.45) is 0. The maximum Gasteiger partial charge on any atom is 0.262 e. The number of hydrogen-bond donors (Lipinski definition) is 2. The third-order valence-electron chi connectivity index (χ3n) is 2.79. The Morgan fingerprint density at radius 3 is 2.60 bits per heavy atom. The molecule has 6 nitrogen and oxygen atoms in total. The number of aryl methyl sites for hydroxylation is 1. The van der Waals surface area contributed by atoms with Crippen molar-refractivity contribution < 1.29 is 14.7 Å². The average Bonchev–Trinajstić information content (AvgIpc) is 2.91. The molecule has 0 amide bonds. The van der Waals surface area contributed by atoms with Gasteiger partial charge in [0.1, 0.15) is 5.69 Å². The first-order valence-electron chi connectivity index (χ1n) is 5.94. The van der Waals surface area contributed by atoms with Gasteiger partial charge < -0.3 is 14.7 Å². The van der Waals surface area contributed by atoms with Crippen LogP contribution in [0.25, 0.3) is 23.0 Å². The number of nitrogens with zero attached hydrogens (tertiary/aromatic N) is 3. The van der Waals surface area contributed by atoms with E-state index in [1.54, 1.807) is 18.2 Å². The average molecular weight is 269 g/mol. The number of hydrogen-bond acceptors (Lipinski definition) is 6. The van der Waals surface area contributed by atoms with Crippen molar-refractivity contribution in [2.75, 3.05) is 0 Å². The largest absolute Gasteiger partial charge is 0.504 e. The maximum absolute atomic E-state index is 9.78. The van der Waals surface area contributed by atoms with Gasteiger partial charge in [0.2, 0.25) is 5.82 Å². The minimum absolute atomic E-state index is 0.122. The molecule has 0 saturated carbocycles. The van der Waals surface area contributed by atoms with Crippen LogP contribution in [0.4, 0.5) is 0 Å². The number of aromatic hydroxyl groups is 2. The highest BCUT2D eigenvalue weighted by atomic mass is 16.5. The van der Waals surface area contributed by atoms with Crippen molar-refractivity contribution in [3.8, 4) is 34.5 Å². The first-order chi connectivity index (χ1) is 9.65. The van der Waals surface area contributed by atoms with E-state index >= 15 is 0 Å². The highest BCUT2D eigenvalue weighted by molar-refractivity contribution is 5.67. The maximum atomic E-state index is 9.78. The van der Waals surface area contributed by atoms with Gasteiger partial charge in [0.25, 0.3) is 5.89 Å². The molecule has 0 bridgehead atoms. The Hall–Kier alpha value is -2.89. The zero-order chi connectivity index (χ0) is 14.1. The molecule has 20 heavy (non-hydrogen) atoms. The Balaban J connectivity index is 2.04. The van der Waals surface area contributed by atoms with E-state index in [0.717, 1.165) is 5.69 Å². The molecular formula is C14H11N3O3. The summed E-state index contributed by atoms with van der Waals surface area (Å²) < 4.78 is 5.11. The smallest absolute Gasteiger partial charge is 0.262 e. The summed E-state index contributed by atoms with van der Waals surface area (Å²) in [4.78, 5) is 8.48. The first kappa shape index (κ1) is 12.2. The molecule has 3 rings (SSSR count). The molecular weight excluding hydrogens is 258 g/mol. The Morgan fingerprint density at radius 2 is 1.80 bits per heavy atom. The number of phenols is 2. The van der Waals surface area contributed by atoms with Crippen molar-refractivity contribution in [2.24, 2.45) is 0 Å². The summed E-state index contributed by atoms with van der Waals surface area (Å²) in [5.41, 5.74) is 1.70. The number of benzene rings is 1. The van der Waals surface area contributed by atoms with E-state index in [-0.39, 0.29) is 23.0 Å². The Kier molecular flexibility index (Phi) is 2.83. The van der Waals surface area contributed by atoms with Crippen LogP contribution in [-0.2, 0) is 0 Å². The van der Waals surface area contributed by atoms with E-state index in [2.05, 4.69) is 15.1 Å². The minimum Gasteiger partial charge on any atom is -0.504 e. The van der Waals surface area contributed by atoms with Crippen LogP contribution in [0.3, 0.4) is 0 Å². The van der Waals surface area contributed by atoms with E-state index in [1.807, 2.05) is 19.1 Å². The molecule has 0 aliphatic rings. The summed E-state index contributed by atoms with van der Waals surface area (Å²) in [7, 11) is 0. The normalized spacial score (nSPS) is 10.7. The Bertz CT molecular complexity index is 768. The van der Waals surface area contributed by atoms with Crippen molar-refractivity contribution in [2.45, 2.75) is 6.92 Å². The second-order valence-electron chi connectivity index (χ2n) is 4.26. The molecule has 0 atom stereocenters. The van der Waals surface area contributed by atoms with E-state index in [0.29, 0.717) is 11.5 Å². The molecule has 0 aliphatic heterocycles. The number of rotatable bonds is 2. The van der Waals surface area contributed by atoms with Gasteiger partial charge >= 0.3 is 0 Å². The molecule has 2 heterocycles. The quantitative estimate of drug-likeness (QED) is 0.694. The van der Waals surface area contributed by atoms with Crippen LogP contribution in [0.5, 0.6) is 11.5 Å². The number of aromatic nitrogens is 3. The molecule has 0 saturated heterocycles. The van der Waals surface area contributed by atoms with Gasteiger partial charge in [0, 0.05) is 5.69 Å². The van der Waals surface area contributed by atoms with Crippen LogP contribution in [0.15, 0.2) is 40.9 Å². The molecule has 3 aromatic rings. The number of para-hydroxylation sites is 1. The van der Waals surface area contributed by atoms with Gasteiger partial charge in [0.05, 0.1) is 5.56 Å². The van der Waals surface area contributed by atoms with Crippen LogP contribution in [-0.4, -0.2) is 25.3 Å². The van der Waals surface area contributed by atoms with E-state index < -0.39 is 0 Å². The standard InChI is InChI=1S/C14H11N3O3/c1-8-4-2-6-10(15-8)13-16-14(20-17-13)9-5-3-7-11(18)12(9)19/h2-7,18-19H,1H3. The molecule has 0 radical (unpaired) electrons. The van der Waals surface area contributed by atoms with E-state index in [1.165, 1.54) is 6.07 Å². The van der Waals surface area contributed by atoms with Crippen LogP contribution >= 0.6 is 0 Å². The fourth-order valence-electron chi connectivity index (χ4n) is 1.81. The second kappa shape index (κ2) is 4.65. The topological polar surface area (TPSA) is 92.3 Å². The monoisotopic (exact) mass is 269 g/mol. The van der Waals surface area contributed by atoms with Crippen LogP contribution in [0, 0.1) is 6.92 Å². The number of pyridine rings is 1. The van der Waals surface area contributed by atoms with E-state index in [4.69, 9.17) is 4.52 Å². The zero-order valence-electron chi connectivity index (χ0n) is 10.6. The van der Waals surface area contributed by atoms with E-state index in [9.17, 15) is 10.2 Å². The summed E-state index contributed by atoms with van der Waals surface area (Å²) in [6.45, 7) is 1.87. The lowest BCUT2D eigenvalue weighted by Gasteiger charge is -2.00. The lowest BCUT2D eigenvalue weighted by molar-refractivity contribution is 0.397. The van der Waals surface area contributed by atoms with Crippen LogP contribution in [0.1, 0.15) is 5.69 Å². The van der Waals surface area contributed by atoms with Gasteiger partial charge in [-0.15, -0.1) is 0 Å². The Labute approximate surface area is 114 Å².